The highest BCUT2D eigenvalue weighted by molar-refractivity contribution is 7.99. The molecule has 2 unspecified atom stereocenters. The van der Waals surface area contributed by atoms with Crippen molar-refractivity contribution in [3.63, 3.8) is 0 Å². The zero-order valence-electron chi connectivity index (χ0n) is 11.2. The minimum Gasteiger partial charge on any atom is -0.313 e. The van der Waals surface area contributed by atoms with E-state index in [0.717, 1.165) is 23.5 Å². The van der Waals surface area contributed by atoms with Gasteiger partial charge in [0, 0.05) is 17.8 Å². The fourth-order valence-electron chi connectivity index (χ4n) is 2.03. The molecule has 4 nitrogen and oxygen atoms in total. The normalized spacial score (nSPS) is 21.5. The monoisotopic (exact) mass is 300 g/mol. The Morgan fingerprint density at radius 1 is 1.42 bits per heavy atom. The Morgan fingerprint density at radius 2 is 2.21 bits per heavy atom. The molecule has 2 atom stereocenters. The molecule has 2 N–H and O–H groups in total. The van der Waals surface area contributed by atoms with E-state index in [-0.39, 0.29) is 12.1 Å². The molecule has 1 aliphatic rings. The van der Waals surface area contributed by atoms with Gasteiger partial charge in [-0.1, -0.05) is 12.1 Å². The van der Waals surface area contributed by atoms with Crippen molar-refractivity contribution in [2.45, 2.75) is 30.3 Å². The molecule has 1 aliphatic heterocycles. The molecule has 0 saturated carbocycles. The zero-order valence-corrected chi connectivity index (χ0v) is 12.9. The van der Waals surface area contributed by atoms with Crippen molar-refractivity contribution < 1.29 is 8.42 Å². The minimum absolute atomic E-state index is 0.0698. The van der Waals surface area contributed by atoms with Gasteiger partial charge in [0.15, 0.2) is 0 Å². The van der Waals surface area contributed by atoms with E-state index in [9.17, 15) is 8.42 Å². The predicted octanol–water partition coefficient (Wildman–Crippen LogP) is 1.75. The second-order valence-electron chi connectivity index (χ2n) is 4.76. The highest BCUT2D eigenvalue weighted by atomic mass is 32.2. The lowest BCUT2D eigenvalue weighted by atomic mass is 10.1. The Kier molecular flexibility index (Phi) is 4.89. The van der Waals surface area contributed by atoms with Gasteiger partial charge in [0.05, 0.1) is 4.90 Å². The van der Waals surface area contributed by atoms with Crippen molar-refractivity contribution in [3.05, 3.63) is 29.8 Å². The average molecular weight is 300 g/mol. The van der Waals surface area contributed by atoms with Gasteiger partial charge in [-0.15, -0.1) is 0 Å². The fourth-order valence-corrected chi connectivity index (χ4v) is 4.62. The van der Waals surface area contributed by atoms with Crippen LogP contribution in [0.1, 0.15) is 24.9 Å². The van der Waals surface area contributed by atoms with Crippen molar-refractivity contribution >= 4 is 21.8 Å². The van der Waals surface area contributed by atoms with Crippen LogP contribution in [0.4, 0.5) is 0 Å². The summed E-state index contributed by atoms with van der Waals surface area (Å²) in [5.41, 5.74) is 0.978. The summed E-state index contributed by atoms with van der Waals surface area (Å²) >= 11 is 1.79. The van der Waals surface area contributed by atoms with Gasteiger partial charge in [-0.2, -0.15) is 11.8 Å². The molecule has 106 valence electrons. The number of benzene rings is 1. The van der Waals surface area contributed by atoms with Crippen LogP contribution in [0.5, 0.6) is 0 Å². The molecule has 1 saturated heterocycles. The summed E-state index contributed by atoms with van der Waals surface area (Å²) in [4.78, 5) is 0.351. The van der Waals surface area contributed by atoms with Gasteiger partial charge in [-0.05, 0) is 43.8 Å². The van der Waals surface area contributed by atoms with E-state index < -0.39 is 10.0 Å². The number of thioether (sulfide) groups is 1. The van der Waals surface area contributed by atoms with Gasteiger partial charge < -0.3 is 5.32 Å². The Hall–Kier alpha value is -0.560. The Morgan fingerprint density at radius 3 is 2.84 bits per heavy atom. The molecular weight excluding hydrogens is 280 g/mol. The van der Waals surface area contributed by atoms with Crippen LogP contribution in [0.15, 0.2) is 29.2 Å². The van der Waals surface area contributed by atoms with Crippen LogP contribution in [0, 0.1) is 0 Å². The Bertz CT molecular complexity index is 525. The summed E-state index contributed by atoms with van der Waals surface area (Å²) in [6.07, 6.45) is 0.913. The van der Waals surface area contributed by atoms with E-state index in [1.807, 2.05) is 20.0 Å². The molecule has 6 heteroatoms. The van der Waals surface area contributed by atoms with Crippen molar-refractivity contribution in [1.29, 1.82) is 0 Å². The van der Waals surface area contributed by atoms with E-state index >= 15 is 0 Å². The summed E-state index contributed by atoms with van der Waals surface area (Å²) < 4.78 is 27.4. The van der Waals surface area contributed by atoms with Gasteiger partial charge in [0.1, 0.15) is 0 Å². The topological polar surface area (TPSA) is 58.2 Å². The van der Waals surface area contributed by atoms with Crippen LogP contribution in [0.3, 0.4) is 0 Å². The minimum atomic E-state index is -3.40. The van der Waals surface area contributed by atoms with Gasteiger partial charge >= 0.3 is 0 Å². The first-order chi connectivity index (χ1) is 9.03. The van der Waals surface area contributed by atoms with Gasteiger partial charge in [0.25, 0.3) is 0 Å². The quantitative estimate of drug-likeness (QED) is 0.870. The maximum atomic E-state index is 12.3. The van der Waals surface area contributed by atoms with Crippen LogP contribution in [0.25, 0.3) is 0 Å². The molecule has 19 heavy (non-hydrogen) atoms. The number of hydrogen-bond acceptors (Lipinski definition) is 4. The molecule has 1 aromatic rings. The van der Waals surface area contributed by atoms with Crippen molar-refractivity contribution in [2.24, 2.45) is 0 Å². The maximum absolute atomic E-state index is 12.3. The third kappa shape index (κ3) is 3.72. The molecule has 0 radical (unpaired) electrons. The summed E-state index contributed by atoms with van der Waals surface area (Å²) in [7, 11) is -1.54. The van der Waals surface area contributed by atoms with Crippen LogP contribution in [-0.2, 0) is 10.0 Å². The average Bonchev–Trinajstić information content (AvgIpc) is 2.90. The van der Waals surface area contributed by atoms with E-state index in [0.29, 0.717) is 4.90 Å². The second-order valence-corrected chi connectivity index (χ2v) is 7.63. The van der Waals surface area contributed by atoms with E-state index in [1.165, 1.54) is 0 Å². The summed E-state index contributed by atoms with van der Waals surface area (Å²) in [5.74, 6) is 1.90. The smallest absolute Gasteiger partial charge is 0.240 e. The van der Waals surface area contributed by atoms with Gasteiger partial charge in [-0.25, -0.2) is 13.1 Å². The number of rotatable bonds is 5. The number of sulfonamides is 1. The van der Waals surface area contributed by atoms with Crippen LogP contribution < -0.4 is 10.0 Å². The molecular formula is C13H20N2O2S2. The van der Waals surface area contributed by atoms with Crippen LogP contribution >= 0.6 is 11.8 Å². The molecule has 0 aromatic heterocycles. The van der Waals surface area contributed by atoms with Gasteiger partial charge in [0.2, 0.25) is 10.0 Å². The fraction of sp³-hybridized carbons (Fsp3) is 0.538. The first kappa shape index (κ1) is 14.8. The summed E-state index contributed by atoms with van der Waals surface area (Å²) in [6.45, 7) is 2.01. The SMILES string of the molecule is CNC(C)c1cccc(S(=O)(=O)NC2CCSC2)c1. The molecule has 0 amide bonds. The van der Waals surface area contributed by atoms with Crippen molar-refractivity contribution in [1.82, 2.24) is 10.0 Å². The highest BCUT2D eigenvalue weighted by Crippen LogP contribution is 2.21. The number of hydrogen-bond donors (Lipinski definition) is 2. The van der Waals surface area contributed by atoms with Crippen molar-refractivity contribution in [3.8, 4) is 0 Å². The predicted molar refractivity (Wildman–Crippen MR) is 80.0 cm³/mol. The third-order valence-corrected chi connectivity index (χ3v) is 6.03. The van der Waals surface area contributed by atoms with E-state index in [4.69, 9.17) is 0 Å². The Labute approximate surface area is 119 Å². The highest BCUT2D eigenvalue weighted by Gasteiger charge is 2.23. The summed E-state index contributed by atoms with van der Waals surface area (Å²) in [6, 6.07) is 7.33. The molecule has 1 aromatic carbocycles. The molecule has 1 fully saturated rings. The molecule has 0 bridgehead atoms. The lowest BCUT2D eigenvalue weighted by Crippen LogP contribution is -2.34. The maximum Gasteiger partial charge on any atom is 0.240 e. The second kappa shape index (κ2) is 6.26. The third-order valence-electron chi connectivity index (χ3n) is 3.35. The largest absolute Gasteiger partial charge is 0.313 e. The molecule has 1 heterocycles. The molecule has 2 rings (SSSR count). The lowest BCUT2D eigenvalue weighted by molar-refractivity contribution is 0.562. The Balaban J connectivity index is 2.19. The van der Waals surface area contributed by atoms with Crippen molar-refractivity contribution in [2.75, 3.05) is 18.6 Å². The number of nitrogens with one attached hydrogen (secondary N) is 2. The molecule has 0 aliphatic carbocycles. The first-order valence-corrected chi connectivity index (χ1v) is 9.04. The van der Waals surface area contributed by atoms with Gasteiger partial charge in [-0.3, -0.25) is 0 Å². The first-order valence-electron chi connectivity index (χ1n) is 6.40. The van der Waals surface area contributed by atoms with Crippen LogP contribution in [0.2, 0.25) is 0 Å². The zero-order chi connectivity index (χ0) is 13.9. The van der Waals surface area contributed by atoms with Crippen LogP contribution in [-0.4, -0.2) is 33.0 Å². The summed E-state index contributed by atoms with van der Waals surface area (Å²) in [5, 5.41) is 3.11. The standard InChI is InChI=1S/C13H20N2O2S2/c1-10(14-2)11-4-3-5-13(8-11)19(16,17)15-12-6-7-18-9-12/h3-5,8,10,12,14-15H,6-7,9H2,1-2H3. The molecule has 0 spiro atoms. The lowest BCUT2D eigenvalue weighted by Gasteiger charge is -2.15. The van der Waals surface area contributed by atoms with E-state index in [2.05, 4.69) is 10.0 Å². The van der Waals surface area contributed by atoms with E-state index in [1.54, 1.807) is 30.0 Å².